The lowest BCUT2D eigenvalue weighted by molar-refractivity contribution is -0.119. The molecule has 1 heterocycles. The van der Waals surface area contributed by atoms with Crippen molar-refractivity contribution in [3.05, 3.63) is 72.8 Å². The fourth-order valence-corrected chi connectivity index (χ4v) is 3.40. The monoisotopic (exact) mass is 331 g/mol. The zero-order valence-corrected chi connectivity index (χ0v) is 14.5. The van der Waals surface area contributed by atoms with Gasteiger partial charge in [-0.05, 0) is 29.7 Å². The maximum atomic E-state index is 12.8. The fraction of sp³-hybridized carbons (Fsp3) is 0.238. The average molecular weight is 331 g/mol. The van der Waals surface area contributed by atoms with Crippen LogP contribution in [0.2, 0.25) is 0 Å². The van der Waals surface area contributed by atoms with E-state index in [-0.39, 0.29) is 11.8 Å². The second-order valence-corrected chi connectivity index (χ2v) is 6.69. The minimum Gasteiger partial charge on any atom is -0.337 e. The first-order valence-corrected chi connectivity index (χ1v) is 8.54. The highest BCUT2D eigenvalue weighted by Gasteiger charge is 2.46. The molecule has 0 spiro atoms. The Balaban J connectivity index is 1.47. The number of carbonyl (C=O) groups is 1. The van der Waals surface area contributed by atoms with Gasteiger partial charge in [0.25, 0.3) is 0 Å². The molecule has 1 aromatic heterocycles. The standard InChI is InChI=1S/C21H21N3O/c1-23-14-22-13-20(23)18-12-19(18)21(25)24(2)17-10-8-16(9-11-17)15-6-4-3-5-7-15/h3-11,13-14,18-19H,12H2,1-2H3/t18-,19-/m1/s1. The second kappa shape index (κ2) is 6.20. The molecule has 1 aliphatic rings. The number of nitrogens with zero attached hydrogens (tertiary/aromatic N) is 3. The van der Waals surface area contributed by atoms with Crippen molar-refractivity contribution in [1.82, 2.24) is 9.55 Å². The summed E-state index contributed by atoms with van der Waals surface area (Å²) in [5, 5.41) is 0. The predicted octanol–water partition coefficient (Wildman–Crippen LogP) is 3.85. The molecule has 4 heteroatoms. The highest BCUT2D eigenvalue weighted by Crippen LogP contribution is 2.48. The number of hydrogen-bond acceptors (Lipinski definition) is 2. The first kappa shape index (κ1) is 15.6. The lowest BCUT2D eigenvalue weighted by Gasteiger charge is -2.18. The molecule has 126 valence electrons. The van der Waals surface area contributed by atoms with Crippen LogP contribution in [0.15, 0.2) is 67.1 Å². The van der Waals surface area contributed by atoms with Crippen molar-refractivity contribution in [2.24, 2.45) is 13.0 Å². The molecule has 1 fully saturated rings. The number of benzene rings is 2. The lowest BCUT2D eigenvalue weighted by Crippen LogP contribution is -2.28. The lowest BCUT2D eigenvalue weighted by atomic mass is 10.1. The zero-order valence-electron chi connectivity index (χ0n) is 14.5. The number of rotatable bonds is 4. The van der Waals surface area contributed by atoms with Gasteiger partial charge in [0.05, 0.1) is 6.33 Å². The van der Waals surface area contributed by atoms with Gasteiger partial charge in [0.2, 0.25) is 5.91 Å². The van der Waals surface area contributed by atoms with Crippen LogP contribution in [0.5, 0.6) is 0 Å². The first-order chi connectivity index (χ1) is 12.1. The SMILES string of the molecule is CN(C(=O)[C@@H]1C[C@H]1c1cncn1C)c1ccc(-c2ccccc2)cc1. The Bertz CT molecular complexity index is 883. The molecule has 0 bridgehead atoms. The van der Waals surface area contributed by atoms with Crippen molar-refractivity contribution >= 4 is 11.6 Å². The van der Waals surface area contributed by atoms with Crippen molar-refractivity contribution in [3.63, 3.8) is 0 Å². The Morgan fingerprint density at radius 1 is 1.08 bits per heavy atom. The third-order valence-electron chi connectivity index (χ3n) is 5.03. The summed E-state index contributed by atoms with van der Waals surface area (Å²) in [5.41, 5.74) is 4.41. The maximum Gasteiger partial charge on any atom is 0.230 e. The largest absolute Gasteiger partial charge is 0.337 e. The molecule has 4 nitrogen and oxygen atoms in total. The summed E-state index contributed by atoms with van der Waals surface area (Å²) < 4.78 is 2.01. The van der Waals surface area contributed by atoms with E-state index in [9.17, 15) is 4.79 Å². The van der Waals surface area contributed by atoms with Crippen LogP contribution in [0.3, 0.4) is 0 Å². The Morgan fingerprint density at radius 2 is 1.76 bits per heavy atom. The van der Waals surface area contributed by atoms with Crippen LogP contribution in [-0.2, 0) is 11.8 Å². The number of anilines is 1. The molecule has 0 N–H and O–H groups in total. The third-order valence-corrected chi connectivity index (χ3v) is 5.03. The Labute approximate surface area is 147 Å². The topological polar surface area (TPSA) is 38.1 Å². The highest BCUT2D eigenvalue weighted by atomic mass is 16.2. The van der Waals surface area contributed by atoms with Crippen molar-refractivity contribution in [3.8, 4) is 11.1 Å². The summed E-state index contributed by atoms with van der Waals surface area (Å²) in [5.74, 6) is 0.541. The average Bonchev–Trinajstić information content (AvgIpc) is 3.34. The number of amides is 1. The first-order valence-electron chi connectivity index (χ1n) is 8.54. The van der Waals surface area contributed by atoms with Gasteiger partial charge in [-0.15, -0.1) is 0 Å². The Kier molecular flexibility index (Phi) is 3.88. The van der Waals surface area contributed by atoms with E-state index in [1.807, 2.05) is 55.2 Å². The molecule has 0 radical (unpaired) electrons. The van der Waals surface area contributed by atoms with Crippen molar-refractivity contribution in [2.75, 3.05) is 11.9 Å². The zero-order chi connectivity index (χ0) is 17.4. The number of aromatic nitrogens is 2. The van der Waals surface area contributed by atoms with Crippen molar-refractivity contribution < 1.29 is 4.79 Å². The molecular weight excluding hydrogens is 310 g/mol. The summed E-state index contributed by atoms with van der Waals surface area (Å²) in [6, 6.07) is 18.4. The van der Waals surface area contributed by atoms with Crippen LogP contribution < -0.4 is 4.90 Å². The van der Waals surface area contributed by atoms with Gasteiger partial charge >= 0.3 is 0 Å². The molecule has 1 amide bonds. The maximum absolute atomic E-state index is 12.8. The van der Waals surface area contributed by atoms with Gasteiger partial charge in [-0.1, -0.05) is 42.5 Å². The highest BCUT2D eigenvalue weighted by molar-refractivity contribution is 5.97. The molecule has 4 rings (SSSR count). The summed E-state index contributed by atoms with van der Waals surface area (Å²) in [6.07, 6.45) is 4.57. The van der Waals surface area contributed by atoms with Gasteiger partial charge in [-0.3, -0.25) is 4.79 Å². The second-order valence-electron chi connectivity index (χ2n) is 6.69. The Hall–Kier alpha value is -2.88. The van der Waals surface area contributed by atoms with E-state index in [2.05, 4.69) is 29.2 Å². The van der Waals surface area contributed by atoms with E-state index in [0.29, 0.717) is 5.92 Å². The van der Waals surface area contributed by atoms with Crippen LogP contribution in [-0.4, -0.2) is 22.5 Å². The summed E-state index contributed by atoms with van der Waals surface area (Å²) >= 11 is 0. The molecule has 0 unspecified atom stereocenters. The van der Waals surface area contributed by atoms with Crippen molar-refractivity contribution in [1.29, 1.82) is 0 Å². The van der Waals surface area contributed by atoms with Gasteiger partial charge in [-0.25, -0.2) is 4.98 Å². The number of carbonyl (C=O) groups excluding carboxylic acids is 1. The smallest absolute Gasteiger partial charge is 0.230 e. The van der Waals surface area contributed by atoms with E-state index < -0.39 is 0 Å². The molecule has 2 aromatic carbocycles. The van der Waals surface area contributed by atoms with E-state index in [1.165, 1.54) is 5.56 Å². The number of hydrogen-bond donors (Lipinski definition) is 0. The quantitative estimate of drug-likeness (QED) is 0.728. The molecule has 2 atom stereocenters. The summed E-state index contributed by atoms with van der Waals surface area (Å²) in [6.45, 7) is 0. The minimum atomic E-state index is 0.0641. The van der Waals surface area contributed by atoms with E-state index in [0.717, 1.165) is 23.4 Å². The molecule has 0 saturated heterocycles. The van der Waals surface area contributed by atoms with Crippen LogP contribution in [0.25, 0.3) is 11.1 Å². The van der Waals surface area contributed by atoms with Crippen LogP contribution in [0.1, 0.15) is 18.0 Å². The van der Waals surface area contributed by atoms with Crippen molar-refractivity contribution in [2.45, 2.75) is 12.3 Å². The van der Waals surface area contributed by atoms with E-state index in [4.69, 9.17) is 0 Å². The normalized spacial score (nSPS) is 18.8. The number of aryl methyl sites for hydroxylation is 1. The third kappa shape index (κ3) is 2.95. The molecule has 1 saturated carbocycles. The molecule has 1 aliphatic carbocycles. The Morgan fingerprint density at radius 3 is 2.40 bits per heavy atom. The van der Waals surface area contributed by atoms with E-state index in [1.54, 1.807) is 11.2 Å². The van der Waals surface area contributed by atoms with Crippen LogP contribution in [0.4, 0.5) is 5.69 Å². The summed E-state index contributed by atoms with van der Waals surface area (Å²) in [7, 11) is 3.84. The number of imidazole rings is 1. The van der Waals surface area contributed by atoms with Crippen LogP contribution in [0, 0.1) is 5.92 Å². The van der Waals surface area contributed by atoms with Gasteiger partial charge in [0.15, 0.2) is 0 Å². The fourth-order valence-electron chi connectivity index (χ4n) is 3.40. The predicted molar refractivity (Wildman–Crippen MR) is 99.3 cm³/mol. The van der Waals surface area contributed by atoms with Gasteiger partial charge < -0.3 is 9.47 Å². The van der Waals surface area contributed by atoms with Gasteiger partial charge in [-0.2, -0.15) is 0 Å². The van der Waals surface area contributed by atoms with Crippen LogP contribution >= 0.6 is 0 Å². The molecule has 0 aliphatic heterocycles. The summed E-state index contributed by atoms with van der Waals surface area (Å²) in [4.78, 5) is 18.7. The molecule has 3 aromatic rings. The molecular formula is C21H21N3O. The minimum absolute atomic E-state index is 0.0641. The van der Waals surface area contributed by atoms with Gasteiger partial charge in [0.1, 0.15) is 0 Å². The van der Waals surface area contributed by atoms with E-state index >= 15 is 0 Å². The molecule has 25 heavy (non-hydrogen) atoms. The van der Waals surface area contributed by atoms with Gasteiger partial charge in [0, 0.05) is 43.5 Å².